The van der Waals surface area contributed by atoms with Crippen LogP contribution in [0.3, 0.4) is 0 Å². The molecule has 0 atom stereocenters. The lowest BCUT2D eigenvalue weighted by Gasteiger charge is -2.10. The molecule has 5 rings (SSSR count). The molecule has 4 aromatic rings. The molecule has 3 aromatic heterocycles. The van der Waals surface area contributed by atoms with Gasteiger partial charge in [-0.3, -0.25) is 4.40 Å². The third kappa shape index (κ3) is 3.43. The van der Waals surface area contributed by atoms with Gasteiger partial charge in [0.1, 0.15) is 29.5 Å². The molecular formula is C21H18ClN5O. The summed E-state index contributed by atoms with van der Waals surface area (Å²) in [6, 6.07) is 9.98. The average molecular weight is 392 g/mol. The molecule has 0 aliphatic heterocycles. The minimum Gasteiger partial charge on any atom is -0.487 e. The zero-order chi connectivity index (χ0) is 18.9. The first-order valence-corrected chi connectivity index (χ1v) is 9.65. The van der Waals surface area contributed by atoms with Crippen LogP contribution in [0, 0.1) is 5.92 Å². The lowest BCUT2D eigenvalue weighted by molar-refractivity contribution is 0.306. The predicted octanol–water partition coefficient (Wildman–Crippen LogP) is 4.37. The number of nitrogens with zero attached hydrogens (tertiary/aromatic N) is 5. The van der Waals surface area contributed by atoms with Crippen molar-refractivity contribution in [3.8, 4) is 16.9 Å². The van der Waals surface area contributed by atoms with E-state index in [1.54, 1.807) is 12.4 Å². The van der Waals surface area contributed by atoms with Crippen molar-refractivity contribution >= 4 is 17.2 Å². The highest BCUT2D eigenvalue weighted by molar-refractivity contribution is 6.34. The van der Waals surface area contributed by atoms with E-state index >= 15 is 0 Å². The molecule has 0 amide bonds. The summed E-state index contributed by atoms with van der Waals surface area (Å²) in [6.45, 7) is 0.403. The Morgan fingerprint density at radius 1 is 1.07 bits per heavy atom. The molecule has 0 bridgehead atoms. The fourth-order valence-electron chi connectivity index (χ4n) is 3.24. The van der Waals surface area contributed by atoms with E-state index in [0.717, 1.165) is 34.9 Å². The standard InChI is InChI=1S/C21H18ClN5O/c22-20-18(6-7-27-19(9-14-4-5-14)25-26-21(20)27)28-12-15-2-1-3-16(8-15)17-10-23-13-24-11-17/h1-3,6-8,10-11,13-14H,4-5,9,12H2. The molecule has 1 fully saturated rings. The number of aromatic nitrogens is 5. The molecule has 1 saturated carbocycles. The van der Waals surface area contributed by atoms with Crippen molar-refractivity contribution in [1.82, 2.24) is 24.6 Å². The smallest absolute Gasteiger partial charge is 0.183 e. The Morgan fingerprint density at radius 3 is 2.75 bits per heavy atom. The van der Waals surface area contributed by atoms with Crippen molar-refractivity contribution in [2.75, 3.05) is 0 Å². The van der Waals surface area contributed by atoms with E-state index in [0.29, 0.717) is 23.0 Å². The molecule has 6 nitrogen and oxygen atoms in total. The van der Waals surface area contributed by atoms with E-state index in [-0.39, 0.29) is 0 Å². The van der Waals surface area contributed by atoms with Gasteiger partial charge in [0.2, 0.25) is 0 Å². The van der Waals surface area contributed by atoms with Gasteiger partial charge in [-0.1, -0.05) is 29.8 Å². The molecule has 140 valence electrons. The zero-order valence-corrected chi connectivity index (χ0v) is 15.9. The lowest BCUT2D eigenvalue weighted by Crippen LogP contribution is -2.00. The number of halogens is 1. The van der Waals surface area contributed by atoms with Crippen LogP contribution in [0.4, 0.5) is 0 Å². The second-order valence-electron chi connectivity index (χ2n) is 7.07. The Bertz CT molecular complexity index is 1120. The van der Waals surface area contributed by atoms with Gasteiger partial charge >= 0.3 is 0 Å². The van der Waals surface area contributed by atoms with Crippen molar-refractivity contribution in [3.63, 3.8) is 0 Å². The zero-order valence-electron chi connectivity index (χ0n) is 15.1. The van der Waals surface area contributed by atoms with Crippen molar-refractivity contribution in [2.24, 2.45) is 5.92 Å². The second kappa shape index (κ2) is 7.20. The Balaban J connectivity index is 1.35. The number of benzene rings is 1. The molecule has 28 heavy (non-hydrogen) atoms. The van der Waals surface area contributed by atoms with Gasteiger partial charge in [0.05, 0.1) is 0 Å². The van der Waals surface area contributed by atoms with Gasteiger partial charge in [-0.25, -0.2) is 9.97 Å². The Kier molecular flexibility index (Phi) is 4.41. The monoisotopic (exact) mass is 391 g/mol. The summed E-state index contributed by atoms with van der Waals surface area (Å²) in [5, 5.41) is 9.05. The number of hydrogen-bond donors (Lipinski definition) is 0. The van der Waals surface area contributed by atoms with E-state index < -0.39 is 0 Å². The maximum Gasteiger partial charge on any atom is 0.183 e. The minimum absolute atomic E-state index is 0.403. The molecule has 0 spiro atoms. The van der Waals surface area contributed by atoms with Crippen LogP contribution in [0.1, 0.15) is 24.2 Å². The molecule has 1 aliphatic carbocycles. The fraction of sp³-hybridized carbons (Fsp3) is 0.238. The molecule has 0 saturated heterocycles. The topological polar surface area (TPSA) is 65.2 Å². The SMILES string of the molecule is Clc1c(OCc2cccc(-c3cncnc3)c2)ccn2c(CC3CC3)nnc12. The van der Waals surface area contributed by atoms with E-state index in [4.69, 9.17) is 16.3 Å². The van der Waals surface area contributed by atoms with Gasteiger partial charge in [0.25, 0.3) is 0 Å². The summed E-state index contributed by atoms with van der Waals surface area (Å²) in [4.78, 5) is 8.15. The fourth-order valence-corrected chi connectivity index (χ4v) is 3.48. The minimum atomic E-state index is 0.403. The molecule has 1 aromatic carbocycles. The summed E-state index contributed by atoms with van der Waals surface area (Å²) in [5.74, 6) is 2.31. The Hall–Kier alpha value is -2.99. The van der Waals surface area contributed by atoms with Gasteiger partial charge in [-0.2, -0.15) is 0 Å². The highest BCUT2D eigenvalue weighted by atomic mass is 35.5. The normalized spacial score (nSPS) is 13.8. The summed E-state index contributed by atoms with van der Waals surface area (Å²) >= 11 is 6.54. The molecule has 0 radical (unpaired) electrons. The number of pyridine rings is 1. The van der Waals surface area contributed by atoms with Crippen LogP contribution < -0.4 is 4.74 Å². The van der Waals surface area contributed by atoms with Gasteiger partial charge in [0.15, 0.2) is 5.65 Å². The summed E-state index contributed by atoms with van der Waals surface area (Å²) in [6.07, 6.45) is 10.6. The summed E-state index contributed by atoms with van der Waals surface area (Å²) in [7, 11) is 0. The highest BCUT2D eigenvalue weighted by Gasteiger charge is 2.24. The predicted molar refractivity (Wildman–Crippen MR) is 106 cm³/mol. The van der Waals surface area contributed by atoms with Crippen molar-refractivity contribution in [1.29, 1.82) is 0 Å². The van der Waals surface area contributed by atoms with Crippen molar-refractivity contribution in [2.45, 2.75) is 25.9 Å². The first-order valence-electron chi connectivity index (χ1n) is 9.27. The van der Waals surface area contributed by atoms with Gasteiger partial charge in [-0.05, 0) is 42.0 Å². The molecule has 0 unspecified atom stereocenters. The van der Waals surface area contributed by atoms with Crippen LogP contribution in [-0.2, 0) is 13.0 Å². The molecular weight excluding hydrogens is 374 g/mol. The summed E-state index contributed by atoms with van der Waals surface area (Å²) in [5.41, 5.74) is 3.69. The van der Waals surface area contributed by atoms with E-state index in [2.05, 4.69) is 26.2 Å². The number of hydrogen-bond acceptors (Lipinski definition) is 5. The maximum atomic E-state index is 6.54. The molecule has 3 heterocycles. The average Bonchev–Trinajstić information content (AvgIpc) is 3.47. The number of ether oxygens (including phenoxy) is 1. The number of fused-ring (bicyclic) bond motifs is 1. The number of rotatable bonds is 6. The molecule has 0 N–H and O–H groups in total. The van der Waals surface area contributed by atoms with Crippen LogP contribution in [0.5, 0.6) is 5.75 Å². The van der Waals surface area contributed by atoms with Gasteiger partial charge in [-0.15, -0.1) is 10.2 Å². The third-order valence-electron chi connectivity index (χ3n) is 4.94. The van der Waals surface area contributed by atoms with Crippen molar-refractivity contribution in [3.05, 3.63) is 71.7 Å². The largest absolute Gasteiger partial charge is 0.487 e. The van der Waals surface area contributed by atoms with Gasteiger partial charge < -0.3 is 4.74 Å². The Morgan fingerprint density at radius 2 is 1.93 bits per heavy atom. The first kappa shape index (κ1) is 17.1. The first-order chi connectivity index (χ1) is 13.8. The maximum absolute atomic E-state index is 6.54. The van der Waals surface area contributed by atoms with Gasteiger partial charge in [0, 0.05) is 30.6 Å². The molecule has 1 aliphatic rings. The summed E-state index contributed by atoms with van der Waals surface area (Å²) < 4.78 is 7.94. The molecule has 7 heteroatoms. The van der Waals surface area contributed by atoms with Crippen LogP contribution in [0.2, 0.25) is 5.02 Å². The Labute approximate surface area is 167 Å². The third-order valence-corrected chi connectivity index (χ3v) is 5.29. The van der Waals surface area contributed by atoms with Crippen LogP contribution >= 0.6 is 11.6 Å². The highest BCUT2D eigenvalue weighted by Crippen LogP contribution is 2.34. The van der Waals surface area contributed by atoms with Crippen LogP contribution in [0.15, 0.2) is 55.2 Å². The van der Waals surface area contributed by atoms with E-state index in [1.807, 2.05) is 34.9 Å². The van der Waals surface area contributed by atoms with Crippen LogP contribution in [0.25, 0.3) is 16.8 Å². The van der Waals surface area contributed by atoms with Crippen molar-refractivity contribution < 1.29 is 4.74 Å². The van der Waals surface area contributed by atoms with Crippen LogP contribution in [-0.4, -0.2) is 24.6 Å². The lowest BCUT2D eigenvalue weighted by atomic mass is 10.1. The second-order valence-corrected chi connectivity index (χ2v) is 7.45. The van der Waals surface area contributed by atoms with E-state index in [9.17, 15) is 0 Å². The van der Waals surface area contributed by atoms with E-state index in [1.165, 1.54) is 19.2 Å². The quantitative estimate of drug-likeness (QED) is 0.488.